The van der Waals surface area contributed by atoms with Crippen LogP contribution < -0.4 is 0 Å². The molecule has 0 amide bonds. The van der Waals surface area contributed by atoms with Gasteiger partial charge in [-0.15, -0.1) is 0 Å². The van der Waals surface area contributed by atoms with E-state index >= 15 is 0 Å². The fourth-order valence-corrected chi connectivity index (χ4v) is 3.36. The Hall–Kier alpha value is -0.220. The summed E-state index contributed by atoms with van der Waals surface area (Å²) in [7, 11) is 0. The van der Waals surface area contributed by atoms with E-state index in [4.69, 9.17) is 4.74 Å². The number of rotatable bonds is 3. The molecule has 2 aliphatic heterocycles. The third-order valence-corrected chi connectivity index (χ3v) is 4.58. The summed E-state index contributed by atoms with van der Waals surface area (Å²) in [6.45, 7) is 6.18. The van der Waals surface area contributed by atoms with Gasteiger partial charge in [0.05, 0.1) is 18.1 Å². The van der Waals surface area contributed by atoms with Crippen molar-refractivity contribution in [2.24, 2.45) is 5.41 Å². The Balaban J connectivity index is 1.69. The first-order valence-electron chi connectivity index (χ1n) is 6.14. The second-order valence-electron chi connectivity index (χ2n) is 6.09. The lowest BCUT2D eigenvalue weighted by Gasteiger charge is -2.48. The molecule has 1 aliphatic carbocycles. The first-order chi connectivity index (χ1) is 7.39. The highest BCUT2D eigenvalue weighted by atomic mass is 19.3. The van der Waals surface area contributed by atoms with Gasteiger partial charge < -0.3 is 4.74 Å². The maximum atomic E-state index is 13.4. The van der Waals surface area contributed by atoms with Gasteiger partial charge in [0, 0.05) is 25.0 Å². The summed E-state index contributed by atoms with van der Waals surface area (Å²) in [6, 6.07) is 0. The molecular weight excluding hydrogens is 212 g/mol. The molecule has 0 aromatic heterocycles. The van der Waals surface area contributed by atoms with E-state index < -0.39 is 11.3 Å². The molecule has 2 atom stereocenters. The van der Waals surface area contributed by atoms with Gasteiger partial charge in [-0.25, -0.2) is 8.78 Å². The van der Waals surface area contributed by atoms with E-state index in [0.717, 1.165) is 13.0 Å². The zero-order chi connectivity index (χ0) is 11.6. The maximum Gasteiger partial charge on any atom is 0.255 e. The Morgan fingerprint density at radius 2 is 2.00 bits per heavy atom. The SMILES string of the molecule is CC(C)OC[C@@]12CCN1C[C@]1(CC1(F)F)C2. The molecule has 1 spiro atoms. The Kier molecular flexibility index (Phi) is 2.02. The van der Waals surface area contributed by atoms with Gasteiger partial charge in [-0.2, -0.15) is 0 Å². The molecule has 4 heteroatoms. The Labute approximate surface area is 94.9 Å². The molecule has 3 aliphatic rings. The molecule has 0 unspecified atom stereocenters. The lowest BCUT2D eigenvalue weighted by atomic mass is 9.83. The van der Waals surface area contributed by atoms with Crippen LogP contribution in [0.5, 0.6) is 0 Å². The monoisotopic (exact) mass is 231 g/mol. The van der Waals surface area contributed by atoms with E-state index in [2.05, 4.69) is 4.90 Å². The van der Waals surface area contributed by atoms with Crippen LogP contribution in [0.4, 0.5) is 8.78 Å². The molecule has 92 valence electrons. The first kappa shape index (κ1) is 10.9. The topological polar surface area (TPSA) is 12.5 Å². The molecule has 0 bridgehead atoms. The second kappa shape index (κ2) is 2.96. The van der Waals surface area contributed by atoms with Gasteiger partial charge in [0.2, 0.25) is 0 Å². The smallest absolute Gasteiger partial charge is 0.255 e. The number of alkyl halides is 2. The van der Waals surface area contributed by atoms with Crippen molar-refractivity contribution < 1.29 is 13.5 Å². The number of halogens is 2. The quantitative estimate of drug-likeness (QED) is 0.739. The van der Waals surface area contributed by atoms with Crippen molar-refractivity contribution >= 4 is 0 Å². The Morgan fingerprint density at radius 3 is 2.44 bits per heavy atom. The van der Waals surface area contributed by atoms with Crippen molar-refractivity contribution in [2.45, 2.75) is 50.7 Å². The number of hydrogen-bond donors (Lipinski definition) is 0. The zero-order valence-electron chi connectivity index (χ0n) is 9.93. The van der Waals surface area contributed by atoms with Crippen molar-refractivity contribution in [3.05, 3.63) is 0 Å². The summed E-state index contributed by atoms with van der Waals surface area (Å²) in [5, 5.41) is 0. The van der Waals surface area contributed by atoms with Gasteiger partial charge in [0.1, 0.15) is 0 Å². The second-order valence-corrected chi connectivity index (χ2v) is 6.09. The van der Waals surface area contributed by atoms with E-state index in [0.29, 0.717) is 19.6 Å². The molecule has 2 heterocycles. The zero-order valence-corrected chi connectivity index (χ0v) is 9.93. The Bertz CT molecular complexity index is 320. The summed E-state index contributed by atoms with van der Waals surface area (Å²) in [6.07, 6.45) is 1.95. The molecule has 0 radical (unpaired) electrons. The van der Waals surface area contributed by atoms with Gasteiger partial charge in [-0.05, 0) is 26.7 Å². The third-order valence-electron chi connectivity index (χ3n) is 4.58. The highest BCUT2D eigenvalue weighted by molar-refractivity contribution is 5.23. The molecule has 3 rings (SSSR count). The van der Waals surface area contributed by atoms with Crippen LogP contribution in [0.3, 0.4) is 0 Å². The first-order valence-corrected chi connectivity index (χ1v) is 6.14. The predicted octanol–water partition coefficient (Wildman–Crippen LogP) is 2.29. The maximum absolute atomic E-state index is 13.4. The van der Waals surface area contributed by atoms with Crippen LogP contribution in [0.2, 0.25) is 0 Å². The molecule has 0 aromatic rings. The van der Waals surface area contributed by atoms with Crippen LogP contribution in [-0.4, -0.2) is 42.2 Å². The van der Waals surface area contributed by atoms with Crippen LogP contribution in [0.25, 0.3) is 0 Å². The third kappa shape index (κ3) is 1.29. The lowest BCUT2D eigenvalue weighted by molar-refractivity contribution is -0.0648. The normalized spacial score (nSPS) is 44.8. The van der Waals surface area contributed by atoms with Crippen LogP contribution in [0.15, 0.2) is 0 Å². The predicted molar refractivity (Wildman–Crippen MR) is 56.6 cm³/mol. The van der Waals surface area contributed by atoms with Crippen molar-refractivity contribution in [3.63, 3.8) is 0 Å². The fraction of sp³-hybridized carbons (Fsp3) is 1.00. The average molecular weight is 231 g/mol. The van der Waals surface area contributed by atoms with Crippen molar-refractivity contribution in [1.29, 1.82) is 0 Å². The summed E-state index contributed by atoms with van der Waals surface area (Å²) in [4.78, 5) is 2.22. The number of ether oxygens (including phenoxy) is 1. The van der Waals surface area contributed by atoms with Crippen molar-refractivity contribution in [2.75, 3.05) is 19.7 Å². The van der Waals surface area contributed by atoms with E-state index in [1.54, 1.807) is 0 Å². The van der Waals surface area contributed by atoms with Gasteiger partial charge in [-0.1, -0.05) is 0 Å². The van der Waals surface area contributed by atoms with Gasteiger partial charge >= 0.3 is 0 Å². The van der Waals surface area contributed by atoms with E-state index in [1.807, 2.05) is 13.8 Å². The van der Waals surface area contributed by atoms with Gasteiger partial charge in [-0.3, -0.25) is 4.90 Å². The average Bonchev–Trinajstić information content (AvgIpc) is 2.61. The molecular formula is C12H19F2NO. The largest absolute Gasteiger partial charge is 0.377 e. The molecule has 3 fully saturated rings. The highest BCUT2D eigenvalue weighted by Crippen LogP contribution is 2.70. The van der Waals surface area contributed by atoms with Gasteiger partial charge in [0.25, 0.3) is 5.92 Å². The summed E-state index contributed by atoms with van der Waals surface area (Å²) in [5.74, 6) is -2.41. The lowest BCUT2D eigenvalue weighted by Crippen LogP contribution is -2.58. The van der Waals surface area contributed by atoms with Crippen LogP contribution in [0.1, 0.15) is 33.1 Å². The van der Waals surface area contributed by atoms with E-state index in [-0.39, 0.29) is 18.1 Å². The van der Waals surface area contributed by atoms with Crippen LogP contribution >= 0.6 is 0 Å². The molecule has 2 nitrogen and oxygen atoms in total. The Morgan fingerprint density at radius 1 is 1.31 bits per heavy atom. The van der Waals surface area contributed by atoms with Gasteiger partial charge in [0.15, 0.2) is 0 Å². The number of hydrogen-bond acceptors (Lipinski definition) is 2. The molecule has 1 saturated carbocycles. The van der Waals surface area contributed by atoms with Crippen LogP contribution in [-0.2, 0) is 4.74 Å². The molecule has 0 aromatic carbocycles. The minimum Gasteiger partial charge on any atom is -0.377 e. The minimum atomic E-state index is -2.41. The fourth-order valence-electron chi connectivity index (χ4n) is 3.36. The van der Waals surface area contributed by atoms with Crippen LogP contribution in [0, 0.1) is 5.41 Å². The molecule has 2 saturated heterocycles. The molecule has 0 N–H and O–H groups in total. The van der Waals surface area contributed by atoms with E-state index in [9.17, 15) is 8.78 Å². The summed E-state index contributed by atoms with van der Waals surface area (Å²) < 4.78 is 32.4. The molecule has 16 heavy (non-hydrogen) atoms. The highest BCUT2D eigenvalue weighted by Gasteiger charge is 2.78. The van der Waals surface area contributed by atoms with Crippen molar-refractivity contribution in [1.82, 2.24) is 4.90 Å². The number of nitrogens with zero attached hydrogens (tertiary/aromatic N) is 1. The standard InChI is InChI=1S/C12H19F2NO/c1-9(2)16-8-11-3-4-15(11)7-10(5-11)6-12(10,13)14/h9H,3-8H2,1-2H3/t10-,11+/m1/s1. The summed E-state index contributed by atoms with van der Waals surface area (Å²) in [5.41, 5.74) is -0.742. The summed E-state index contributed by atoms with van der Waals surface area (Å²) >= 11 is 0. The van der Waals surface area contributed by atoms with E-state index in [1.165, 1.54) is 0 Å². The van der Waals surface area contributed by atoms with Crippen molar-refractivity contribution in [3.8, 4) is 0 Å². The minimum absolute atomic E-state index is 0.0514. The number of fused-ring (bicyclic) bond motifs is 1.